The van der Waals surface area contributed by atoms with E-state index < -0.39 is 0 Å². The Morgan fingerprint density at radius 3 is 3.15 bits per heavy atom. The van der Waals surface area contributed by atoms with Gasteiger partial charge >= 0.3 is 5.97 Å². The van der Waals surface area contributed by atoms with Crippen LogP contribution in [0.1, 0.15) is 56.0 Å². The topological polar surface area (TPSA) is 77.2 Å². The summed E-state index contributed by atoms with van der Waals surface area (Å²) in [6.45, 7) is 3.51. The van der Waals surface area contributed by atoms with E-state index in [-0.39, 0.29) is 5.97 Å². The van der Waals surface area contributed by atoms with Gasteiger partial charge in [-0.15, -0.1) is 11.3 Å². The van der Waals surface area contributed by atoms with Crippen LogP contribution < -0.4 is 11.1 Å². The van der Waals surface area contributed by atoms with Gasteiger partial charge in [-0.25, -0.2) is 4.98 Å². The lowest BCUT2D eigenvalue weighted by Crippen LogP contribution is -2.36. The number of nitrogen functional groups attached to an aromatic ring is 1. The second-order valence-electron chi connectivity index (χ2n) is 7.35. The average molecular weight is 416 g/mol. The molecule has 0 bridgehead atoms. The molecule has 3 N–H and O–H groups in total. The van der Waals surface area contributed by atoms with E-state index >= 15 is 0 Å². The molecule has 8 heteroatoms. The number of unbranched alkanes of at least 4 members (excludes halogenated alkanes) is 1. The minimum absolute atomic E-state index is 0.0634. The van der Waals surface area contributed by atoms with Crippen molar-refractivity contribution in [3.8, 4) is 0 Å². The van der Waals surface area contributed by atoms with Crippen LogP contribution in [0.15, 0.2) is 0 Å². The number of thiazole rings is 1. The third-order valence-electron chi connectivity index (χ3n) is 5.07. The Balaban J connectivity index is 1.22. The molecule has 5 nitrogen and oxygen atoms in total. The Kier molecular flexibility index (Phi) is 7.54. The molecule has 2 heterocycles. The third kappa shape index (κ3) is 6.04. The molecule has 2 aliphatic rings. The Morgan fingerprint density at radius 2 is 2.35 bits per heavy atom. The van der Waals surface area contributed by atoms with Gasteiger partial charge in [0.05, 0.1) is 5.69 Å². The van der Waals surface area contributed by atoms with Gasteiger partial charge in [-0.2, -0.15) is 0 Å². The van der Waals surface area contributed by atoms with Crippen molar-refractivity contribution in [3.63, 3.8) is 0 Å². The number of hydrogen-bond donors (Lipinski definition) is 2. The van der Waals surface area contributed by atoms with Gasteiger partial charge in [-0.05, 0) is 45.4 Å². The summed E-state index contributed by atoms with van der Waals surface area (Å²) in [6, 6.07) is 0.434. The number of ether oxygens (including phenoxy) is 1. The molecule has 0 spiro atoms. The van der Waals surface area contributed by atoms with Gasteiger partial charge in [0.15, 0.2) is 5.13 Å². The summed E-state index contributed by atoms with van der Waals surface area (Å²) in [4.78, 5) is 17.5. The number of anilines is 1. The quantitative estimate of drug-likeness (QED) is 0.361. The van der Waals surface area contributed by atoms with Gasteiger partial charge in [0.2, 0.25) is 0 Å². The first-order chi connectivity index (χ1) is 12.5. The lowest BCUT2D eigenvalue weighted by atomic mass is 9.98. The number of aromatic nitrogens is 1. The Labute approximate surface area is 168 Å². The molecule has 0 radical (unpaired) electrons. The van der Waals surface area contributed by atoms with Crippen molar-refractivity contribution in [2.45, 2.75) is 69.1 Å². The van der Waals surface area contributed by atoms with Crippen molar-refractivity contribution >= 4 is 44.0 Å². The monoisotopic (exact) mass is 415 g/mol. The van der Waals surface area contributed by atoms with Crippen molar-refractivity contribution in [1.82, 2.24) is 10.3 Å². The number of carbonyl (C=O) groups is 1. The lowest BCUT2D eigenvalue weighted by molar-refractivity contribution is -0.143. The molecule has 26 heavy (non-hydrogen) atoms. The van der Waals surface area contributed by atoms with Gasteiger partial charge in [0.1, 0.15) is 6.61 Å². The predicted molar refractivity (Wildman–Crippen MR) is 113 cm³/mol. The third-order valence-corrected chi connectivity index (χ3v) is 9.37. The fraction of sp³-hybridized carbons (Fsp3) is 0.778. The molecule has 2 atom stereocenters. The van der Waals surface area contributed by atoms with E-state index in [4.69, 9.17) is 10.5 Å². The summed E-state index contributed by atoms with van der Waals surface area (Å²) < 4.78 is 5.78. The van der Waals surface area contributed by atoms with E-state index in [1.165, 1.54) is 29.2 Å². The maximum Gasteiger partial charge on any atom is 0.305 e. The highest BCUT2D eigenvalue weighted by atomic mass is 33.1. The molecule has 1 saturated heterocycles. The number of fused-ring (bicyclic) bond motifs is 1. The summed E-state index contributed by atoms with van der Waals surface area (Å²) in [5, 5.41) is 4.16. The van der Waals surface area contributed by atoms with E-state index in [1.54, 1.807) is 11.3 Å². The standard InChI is InChI=1S/C18H29N3O2S3/c1-18(8-11-24-26-18)7-3-2-4-16(22)23-10-9-20-13-5-6-14-15(12-13)25-17(19)21-14/h13,20H,2-12H2,1H3,(H2,19,21)/t13-,18-/m0/s1. The van der Waals surface area contributed by atoms with Gasteiger partial charge < -0.3 is 15.8 Å². The number of rotatable bonds is 9. The first-order valence-electron chi connectivity index (χ1n) is 9.48. The van der Waals surface area contributed by atoms with Gasteiger partial charge in [-0.3, -0.25) is 4.79 Å². The fourth-order valence-electron chi connectivity index (χ4n) is 3.49. The van der Waals surface area contributed by atoms with Crippen LogP contribution in [0.5, 0.6) is 0 Å². The number of aryl methyl sites for hydroxylation is 1. The number of nitrogens with one attached hydrogen (secondary N) is 1. The van der Waals surface area contributed by atoms with Crippen LogP contribution in [-0.4, -0.2) is 40.6 Å². The smallest absolute Gasteiger partial charge is 0.305 e. The van der Waals surface area contributed by atoms with Crippen molar-refractivity contribution in [1.29, 1.82) is 0 Å². The SMILES string of the molecule is C[C@]1(CCCCC(=O)OCCN[C@H]2CCc3nc(N)sc3C2)CCSS1. The molecule has 1 aromatic rings. The van der Waals surface area contributed by atoms with E-state index in [9.17, 15) is 4.79 Å². The number of nitrogens with two attached hydrogens (primary N) is 1. The van der Waals surface area contributed by atoms with Crippen LogP contribution in [0.3, 0.4) is 0 Å². The summed E-state index contributed by atoms with van der Waals surface area (Å²) in [7, 11) is 3.99. The summed E-state index contributed by atoms with van der Waals surface area (Å²) in [5.74, 6) is 1.20. The fourth-order valence-corrected chi connectivity index (χ4v) is 7.74. The first-order valence-corrected chi connectivity index (χ1v) is 12.6. The average Bonchev–Trinajstić information content (AvgIpc) is 3.20. The van der Waals surface area contributed by atoms with Crippen molar-refractivity contribution in [2.75, 3.05) is 24.6 Å². The minimum atomic E-state index is -0.0634. The Hall–Kier alpha value is -0.440. The van der Waals surface area contributed by atoms with Crippen molar-refractivity contribution < 1.29 is 9.53 Å². The molecule has 0 unspecified atom stereocenters. The normalized spacial score (nSPS) is 25.2. The molecule has 1 aromatic heterocycles. The lowest BCUT2D eigenvalue weighted by Gasteiger charge is -2.22. The second kappa shape index (κ2) is 9.66. The zero-order valence-electron chi connectivity index (χ0n) is 15.4. The highest BCUT2D eigenvalue weighted by molar-refractivity contribution is 8.77. The molecule has 0 amide bonds. The number of esters is 1. The number of hydrogen-bond acceptors (Lipinski definition) is 8. The second-order valence-corrected chi connectivity index (χ2v) is 11.5. The van der Waals surface area contributed by atoms with Crippen molar-refractivity contribution in [2.24, 2.45) is 0 Å². The van der Waals surface area contributed by atoms with E-state index in [0.29, 0.717) is 35.5 Å². The Bertz CT molecular complexity index is 603. The van der Waals surface area contributed by atoms with Crippen LogP contribution in [0.4, 0.5) is 5.13 Å². The summed E-state index contributed by atoms with van der Waals surface area (Å²) in [6.07, 6.45) is 8.11. The van der Waals surface area contributed by atoms with Gasteiger partial charge in [0, 0.05) is 34.4 Å². The molecular formula is C18H29N3O2S3. The van der Waals surface area contributed by atoms with E-state index in [1.807, 2.05) is 21.6 Å². The zero-order valence-corrected chi connectivity index (χ0v) is 17.9. The van der Waals surface area contributed by atoms with Crippen LogP contribution in [0, 0.1) is 0 Å². The highest BCUT2D eigenvalue weighted by Gasteiger charge is 2.29. The maximum atomic E-state index is 11.9. The van der Waals surface area contributed by atoms with Gasteiger partial charge in [0.25, 0.3) is 0 Å². The molecule has 1 fully saturated rings. The van der Waals surface area contributed by atoms with Crippen LogP contribution >= 0.6 is 32.9 Å². The molecule has 146 valence electrons. The summed E-state index contributed by atoms with van der Waals surface area (Å²) >= 11 is 1.60. The largest absolute Gasteiger partial charge is 0.464 e. The molecule has 0 saturated carbocycles. The number of carbonyl (C=O) groups excluding carboxylic acids is 1. The van der Waals surface area contributed by atoms with Crippen LogP contribution in [0.25, 0.3) is 0 Å². The van der Waals surface area contributed by atoms with Crippen molar-refractivity contribution in [3.05, 3.63) is 10.6 Å². The van der Waals surface area contributed by atoms with Gasteiger partial charge in [-0.1, -0.05) is 28.0 Å². The Morgan fingerprint density at radius 1 is 1.46 bits per heavy atom. The van der Waals surface area contributed by atoms with E-state index in [0.717, 1.165) is 32.1 Å². The molecule has 3 rings (SSSR count). The predicted octanol–water partition coefficient (Wildman–Crippen LogP) is 3.82. The molecule has 1 aliphatic heterocycles. The maximum absolute atomic E-state index is 11.9. The van der Waals surface area contributed by atoms with Crippen LogP contribution in [-0.2, 0) is 22.4 Å². The summed E-state index contributed by atoms with van der Waals surface area (Å²) in [5.41, 5.74) is 6.95. The first kappa shape index (κ1) is 20.3. The zero-order chi connectivity index (χ0) is 18.4. The molecular weight excluding hydrogens is 386 g/mol. The van der Waals surface area contributed by atoms with E-state index in [2.05, 4.69) is 17.2 Å². The number of nitrogens with zero attached hydrogens (tertiary/aromatic N) is 1. The highest BCUT2D eigenvalue weighted by Crippen LogP contribution is 2.49. The molecule has 0 aromatic carbocycles. The van der Waals surface area contributed by atoms with Crippen LogP contribution in [0.2, 0.25) is 0 Å². The minimum Gasteiger partial charge on any atom is -0.464 e. The molecule has 1 aliphatic carbocycles.